The average Bonchev–Trinajstić information content (AvgIpc) is 2.99. The summed E-state index contributed by atoms with van der Waals surface area (Å²) in [5, 5.41) is 6.78. The van der Waals surface area contributed by atoms with E-state index in [0.717, 1.165) is 22.2 Å². The predicted molar refractivity (Wildman–Crippen MR) is 111 cm³/mol. The van der Waals surface area contributed by atoms with Crippen LogP contribution in [0.1, 0.15) is 11.3 Å². The maximum atomic E-state index is 11.5. The molecule has 0 bridgehead atoms. The summed E-state index contributed by atoms with van der Waals surface area (Å²) in [4.78, 5) is 13.5. The summed E-state index contributed by atoms with van der Waals surface area (Å²) >= 11 is 12.3. The smallest absolute Gasteiger partial charge is 0.330 e. The first-order chi connectivity index (χ1) is 12.9. The van der Waals surface area contributed by atoms with Crippen LogP contribution in [0.4, 0.5) is 5.69 Å². The number of fused-ring (bicyclic) bond motifs is 1. The van der Waals surface area contributed by atoms with Crippen LogP contribution in [-0.2, 0) is 16.1 Å². The van der Waals surface area contributed by atoms with E-state index >= 15 is 0 Å². The van der Waals surface area contributed by atoms with Gasteiger partial charge in [0.25, 0.3) is 0 Å². The van der Waals surface area contributed by atoms with Crippen molar-refractivity contribution in [2.45, 2.75) is 6.54 Å². The summed E-state index contributed by atoms with van der Waals surface area (Å²) in [5.74, 6) is -0.427. The maximum Gasteiger partial charge on any atom is 0.330 e. The van der Waals surface area contributed by atoms with Crippen molar-refractivity contribution < 1.29 is 9.53 Å². The minimum Gasteiger partial charge on any atom is -0.466 e. The highest BCUT2D eigenvalue weighted by atomic mass is 35.5. The minimum atomic E-state index is -0.427. The molecule has 0 saturated carbocycles. The summed E-state index contributed by atoms with van der Waals surface area (Å²) in [6.45, 7) is 0.482. The molecule has 2 aromatic carbocycles. The molecule has 0 atom stereocenters. The summed E-state index contributed by atoms with van der Waals surface area (Å²) in [6.07, 6.45) is 3.02. The van der Waals surface area contributed by atoms with Gasteiger partial charge in [0.1, 0.15) is 0 Å². The molecule has 27 heavy (non-hydrogen) atoms. The molecule has 0 aliphatic rings. The third-order valence-corrected chi connectivity index (χ3v) is 4.78. The number of methoxy groups -OCH3 is 1. The minimum absolute atomic E-state index is 0.427. The van der Waals surface area contributed by atoms with E-state index in [0.29, 0.717) is 22.3 Å². The highest BCUT2D eigenvalue weighted by Gasteiger charge is 2.12. The Balaban J connectivity index is 2.10. The molecule has 7 heteroatoms. The normalized spacial score (nSPS) is 11.3. The van der Waals surface area contributed by atoms with Crippen LogP contribution >= 0.6 is 23.2 Å². The Morgan fingerprint density at radius 1 is 1.22 bits per heavy atom. The van der Waals surface area contributed by atoms with Crippen molar-refractivity contribution in [2.75, 3.05) is 26.1 Å². The molecule has 3 rings (SSSR count). The number of benzene rings is 2. The number of esters is 1. The topological polar surface area (TPSA) is 47.4 Å². The van der Waals surface area contributed by atoms with E-state index < -0.39 is 5.97 Å². The number of hydrogen-bond acceptors (Lipinski definition) is 4. The zero-order chi connectivity index (χ0) is 19.6. The molecule has 0 fully saturated rings. The van der Waals surface area contributed by atoms with Gasteiger partial charge >= 0.3 is 5.97 Å². The SMILES string of the molecule is COC(=O)/C=C/c1nn(Cc2ccc(Cl)cc2Cl)c2cc(N(C)C)ccc12. The van der Waals surface area contributed by atoms with Crippen molar-refractivity contribution in [3.63, 3.8) is 0 Å². The van der Waals surface area contributed by atoms with E-state index in [-0.39, 0.29) is 0 Å². The Hall–Kier alpha value is -2.50. The van der Waals surface area contributed by atoms with Crippen LogP contribution in [0.3, 0.4) is 0 Å². The van der Waals surface area contributed by atoms with Crippen LogP contribution in [0.5, 0.6) is 0 Å². The Labute approximate surface area is 167 Å². The fraction of sp³-hybridized carbons (Fsp3) is 0.200. The standard InChI is InChI=1S/C20H19Cl2N3O2/c1-24(2)15-6-7-16-18(8-9-20(26)27-3)23-25(19(16)11-15)12-13-4-5-14(21)10-17(13)22/h4-11H,12H2,1-3H3/b9-8+. The molecule has 0 aliphatic heterocycles. The molecule has 3 aromatic rings. The lowest BCUT2D eigenvalue weighted by molar-refractivity contribution is -0.134. The first kappa shape index (κ1) is 19.3. The molecular weight excluding hydrogens is 385 g/mol. The van der Waals surface area contributed by atoms with Crippen molar-refractivity contribution in [2.24, 2.45) is 0 Å². The van der Waals surface area contributed by atoms with Crippen molar-refractivity contribution in [1.29, 1.82) is 0 Å². The van der Waals surface area contributed by atoms with E-state index in [9.17, 15) is 4.79 Å². The van der Waals surface area contributed by atoms with Gasteiger partial charge in [0.2, 0.25) is 0 Å². The van der Waals surface area contributed by atoms with Gasteiger partial charge in [-0.05, 0) is 42.0 Å². The van der Waals surface area contributed by atoms with Gasteiger partial charge in [-0.2, -0.15) is 5.10 Å². The van der Waals surface area contributed by atoms with E-state index in [1.165, 1.54) is 13.2 Å². The maximum absolute atomic E-state index is 11.5. The molecule has 0 saturated heterocycles. The number of anilines is 1. The van der Waals surface area contributed by atoms with E-state index in [1.54, 1.807) is 18.2 Å². The molecule has 0 radical (unpaired) electrons. The number of carbonyl (C=O) groups is 1. The Morgan fingerprint density at radius 3 is 2.67 bits per heavy atom. The Kier molecular flexibility index (Phi) is 5.73. The second kappa shape index (κ2) is 8.03. The summed E-state index contributed by atoms with van der Waals surface area (Å²) in [6, 6.07) is 11.5. The number of hydrogen-bond donors (Lipinski definition) is 0. The molecule has 1 heterocycles. The van der Waals surface area contributed by atoms with Crippen LogP contribution in [0.25, 0.3) is 17.0 Å². The second-order valence-corrected chi connectivity index (χ2v) is 7.07. The first-order valence-corrected chi connectivity index (χ1v) is 9.02. The van der Waals surface area contributed by atoms with Crippen molar-refractivity contribution in [3.05, 3.63) is 63.8 Å². The zero-order valence-electron chi connectivity index (χ0n) is 15.2. The molecule has 140 valence electrons. The van der Waals surface area contributed by atoms with Gasteiger partial charge in [-0.25, -0.2) is 4.79 Å². The Morgan fingerprint density at radius 2 is 2.00 bits per heavy atom. The molecule has 0 spiro atoms. The van der Waals surface area contributed by atoms with Crippen LogP contribution in [0, 0.1) is 0 Å². The largest absolute Gasteiger partial charge is 0.466 e. The highest BCUT2D eigenvalue weighted by Crippen LogP contribution is 2.27. The van der Waals surface area contributed by atoms with Gasteiger partial charge < -0.3 is 9.64 Å². The lowest BCUT2D eigenvalue weighted by Gasteiger charge is -2.13. The van der Waals surface area contributed by atoms with E-state index in [4.69, 9.17) is 23.2 Å². The Bertz CT molecular complexity index is 1030. The molecule has 5 nitrogen and oxygen atoms in total. The molecule has 0 unspecified atom stereocenters. The van der Waals surface area contributed by atoms with Crippen molar-refractivity contribution >= 4 is 51.8 Å². The van der Waals surface area contributed by atoms with Gasteiger partial charge in [-0.1, -0.05) is 29.3 Å². The number of halogens is 2. The monoisotopic (exact) mass is 403 g/mol. The van der Waals surface area contributed by atoms with E-state index in [2.05, 4.69) is 15.9 Å². The average molecular weight is 404 g/mol. The number of nitrogens with zero attached hydrogens (tertiary/aromatic N) is 3. The number of carbonyl (C=O) groups excluding carboxylic acids is 1. The first-order valence-electron chi connectivity index (χ1n) is 8.27. The summed E-state index contributed by atoms with van der Waals surface area (Å²) in [5.41, 5.74) is 3.58. The third kappa shape index (κ3) is 4.26. The van der Waals surface area contributed by atoms with Crippen LogP contribution in [0.15, 0.2) is 42.5 Å². The number of aromatic nitrogens is 2. The summed E-state index contributed by atoms with van der Waals surface area (Å²) < 4.78 is 6.54. The van der Waals surface area contributed by atoms with Crippen LogP contribution < -0.4 is 4.90 Å². The zero-order valence-corrected chi connectivity index (χ0v) is 16.8. The fourth-order valence-electron chi connectivity index (χ4n) is 2.74. The summed E-state index contributed by atoms with van der Waals surface area (Å²) in [7, 11) is 5.31. The molecule has 0 amide bonds. The number of rotatable bonds is 5. The van der Waals surface area contributed by atoms with Crippen LogP contribution in [-0.4, -0.2) is 37.0 Å². The van der Waals surface area contributed by atoms with Gasteiger partial charge in [0.15, 0.2) is 0 Å². The van der Waals surface area contributed by atoms with Gasteiger partial charge in [-0.15, -0.1) is 0 Å². The molecule has 0 aliphatic carbocycles. The third-order valence-electron chi connectivity index (χ3n) is 4.19. The van der Waals surface area contributed by atoms with E-state index in [1.807, 2.05) is 41.9 Å². The van der Waals surface area contributed by atoms with Gasteiger partial charge in [0.05, 0.1) is 24.9 Å². The van der Waals surface area contributed by atoms with Crippen molar-refractivity contribution in [1.82, 2.24) is 9.78 Å². The fourth-order valence-corrected chi connectivity index (χ4v) is 3.20. The molecule has 0 N–H and O–H groups in total. The quantitative estimate of drug-likeness (QED) is 0.459. The number of ether oxygens (including phenoxy) is 1. The van der Waals surface area contributed by atoms with Gasteiger partial charge in [-0.3, -0.25) is 4.68 Å². The lowest BCUT2D eigenvalue weighted by Crippen LogP contribution is -2.09. The highest BCUT2D eigenvalue weighted by molar-refractivity contribution is 6.35. The molecule has 1 aromatic heterocycles. The second-order valence-electron chi connectivity index (χ2n) is 6.23. The van der Waals surface area contributed by atoms with Gasteiger partial charge in [0, 0.05) is 41.3 Å². The lowest BCUT2D eigenvalue weighted by atomic mass is 10.1. The van der Waals surface area contributed by atoms with Crippen LogP contribution in [0.2, 0.25) is 10.0 Å². The van der Waals surface area contributed by atoms with Crippen molar-refractivity contribution in [3.8, 4) is 0 Å². The predicted octanol–water partition coefficient (Wildman–Crippen LogP) is 4.64. The molecular formula is C20H19Cl2N3O2.